The largest absolute Gasteiger partial charge is 0.300 e. The van der Waals surface area contributed by atoms with Crippen molar-refractivity contribution in [3.05, 3.63) is 24.3 Å². The first kappa shape index (κ1) is 16.9. The summed E-state index contributed by atoms with van der Waals surface area (Å²) in [5, 5.41) is 0. The van der Waals surface area contributed by atoms with E-state index >= 15 is 0 Å². The van der Waals surface area contributed by atoms with E-state index in [0.29, 0.717) is 18.3 Å². The number of rotatable bonds is 6. The van der Waals surface area contributed by atoms with Crippen LogP contribution < -0.4 is 0 Å². The summed E-state index contributed by atoms with van der Waals surface area (Å²) in [7, 11) is 0. The van der Waals surface area contributed by atoms with Crippen molar-refractivity contribution in [3.8, 4) is 0 Å². The van der Waals surface area contributed by atoms with Crippen molar-refractivity contribution >= 4 is 19.3 Å². The molecule has 2 heteroatoms. The molecular formula is C13H24OS. The van der Waals surface area contributed by atoms with E-state index < -0.39 is 0 Å². The van der Waals surface area contributed by atoms with Crippen LogP contribution in [0.25, 0.3) is 0 Å². The maximum absolute atomic E-state index is 10.9. The monoisotopic (exact) mass is 228 g/mol. The molecule has 0 aromatic rings. The normalized spacial score (nSPS) is 12.6. The van der Waals surface area contributed by atoms with Crippen LogP contribution in [0.5, 0.6) is 0 Å². The summed E-state index contributed by atoms with van der Waals surface area (Å²) in [6.07, 6.45) is 5.86. The summed E-state index contributed by atoms with van der Waals surface area (Å²) in [5.74, 6) is 1.36. The quantitative estimate of drug-likeness (QED) is 0.631. The van der Waals surface area contributed by atoms with Crippen LogP contribution in [-0.2, 0) is 4.79 Å². The highest BCUT2D eigenvalue weighted by Gasteiger charge is 2.10. The molecule has 0 aromatic carbocycles. The molecule has 0 saturated heterocycles. The Morgan fingerprint density at radius 2 is 1.87 bits per heavy atom. The summed E-state index contributed by atoms with van der Waals surface area (Å²) in [6.45, 7) is 11.8. The third-order valence-corrected chi connectivity index (χ3v) is 2.31. The highest BCUT2D eigenvalue weighted by molar-refractivity contribution is 7.59. The van der Waals surface area contributed by atoms with E-state index in [1.807, 2.05) is 13.0 Å². The van der Waals surface area contributed by atoms with Gasteiger partial charge in [0.05, 0.1) is 0 Å². The Hall–Kier alpha value is -0.500. The minimum atomic E-state index is 0. The van der Waals surface area contributed by atoms with Gasteiger partial charge in [-0.05, 0) is 32.1 Å². The average Bonchev–Trinajstić information content (AvgIpc) is 2.02. The number of hydrogen-bond acceptors (Lipinski definition) is 1. The second-order valence-corrected chi connectivity index (χ2v) is 4.35. The Bertz CT molecular complexity index is 229. The van der Waals surface area contributed by atoms with Gasteiger partial charge in [-0.15, -0.1) is 0 Å². The minimum Gasteiger partial charge on any atom is -0.300 e. The fourth-order valence-corrected chi connectivity index (χ4v) is 1.31. The third kappa shape index (κ3) is 9.80. The average molecular weight is 228 g/mol. The predicted molar refractivity (Wildman–Crippen MR) is 72.6 cm³/mol. The van der Waals surface area contributed by atoms with Crippen LogP contribution in [0.15, 0.2) is 24.3 Å². The number of Topliss-reactive ketones (excluding diaryl/α,β-unsaturated/α-hetero) is 1. The number of ketones is 1. The van der Waals surface area contributed by atoms with Crippen LogP contribution in [-0.4, -0.2) is 5.78 Å². The van der Waals surface area contributed by atoms with Gasteiger partial charge in [0.25, 0.3) is 0 Å². The van der Waals surface area contributed by atoms with E-state index in [4.69, 9.17) is 0 Å². The lowest BCUT2D eigenvalue weighted by molar-refractivity contribution is -0.117. The molecule has 1 atom stereocenters. The fraction of sp³-hybridized carbons (Fsp3) is 0.615. The highest BCUT2D eigenvalue weighted by Crippen LogP contribution is 2.19. The summed E-state index contributed by atoms with van der Waals surface area (Å²) < 4.78 is 0. The number of allylic oxidation sites excluding steroid dienone is 3. The first-order valence-electron chi connectivity index (χ1n) is 5.26. The van der Waals surface area contributed by atoms with Gasteiger partial charge < -0.3 is 4.79 Å². The molecule has 0 fully saturated rings. The second kappa shape index (κ2) is 8.78. The molecule has 0 aliphatic carbocycles. The van der Waals surface area contributed by atoms with E-state index in [1.54, 1.807) is 6.92 Å². The molecule has 0 heterocycles. The zero-order chi connectivity index (χ0) is 11.1. The molecule has 1 nitrogen and oxygen atoms in total. The topological polar surface area (TPSA) is 17.1 Å². The molecule has 15 heavy (non-hydrogen) atoms. The van der Waals surface area contributed by atoms with Crippen molar-refractivity contribution < 1.29 is 4.79 Å². The summed E-state index contributed by atoms with van der Waals surface area (Å²) in [5.41, 5.74) is 1.07. The first-order valence-corrected chi connectivity index (χ1v) is 5.26. The molecule has 0 spiro atoms. The van der Waals surface area contributed by atoms with E-state index in [0.717, 1.165) is 12.0 Å². The van der Waals surface area contributed by atoms with Crippen molar-refractivity contribution in [2.75, 3.05) is 0 Å². The van der Waals surface area contributed by atoms with Gasteiger partial charge in [0, 0.05) is 6.42 Å². The molecule has 0 saturated carbocycles. The lowest BCUT2D eigenvalue weighted by Gasteiger charge is -2.15. The molecule has 0 aromatic heterocycles. The first-order chi connectivity index (χ1) is 6.43. The zero-order valence-corrected chi connectivity index (χ0v) is 11.3. The lowest BCUT2D eigenvalue weighted by Crippen LogP contribution is -2.07. The molecular weight excluding hydrogens is 204 g/mol. The van der Waals surface area contributed by atoms with Gasteiger partial charge in [0.2, 0.25) is 0 Å². The Balaban J connectivity index is 0. The number of carbonyl (C=O) groups excluding carboxylic acids is 1. The van der Waals surface area contributed by atoms with E-state index in [-0.39, 0.29) is 19.3 Å². The van der Waals surface area contributed by atoms with Gasteiger partial charge in [-0.25, -0.2) is 0 Å². The van der Waals surface area contributed by atoms with Crippen molar-refractivity contribution in [3.63, 3.8) is 0 Å². The molecule has 0 aliphatic rings. The van der Waals surface area contributed by atoms with E-state index in [1.165, 1.54) is 0 Å². The van der Waals surface area contributed by atoms with Crippen LogP contribution in [0.2, 0.25) is 0 Å². The Labute approximate surface area is 101 Å². The Kier molecular flexibility index (Phi) is 9.90. The van der Waals surface area contributed by atoms with Crippen molar-refractivity contribution in [2.45, 2.75) is 40.5 Å². The van der Waals surface area contributed by atoms with Gasteiger partial charge in [-0.2, -0.15) is 13.5 Å². The van der Waals surface area contributed by atoms with Gasteiger partial charge in [-0.3, -0.25) is 0 Å². The van der Waals surface area contributed by atoms with E-state index in [9.17, 15) is 4.79 Å². The van der Waals surface area contributed by atoms with Gasteiger partial charge in [-0.1, -0.05) is 38.2 Å². The van der Waals surface area contributed by atoms with Gasteiger partial charge in [0.15, 0.2) is 0 Å². The molecule has 0 rings (SSSR count). The second-order valence-electron chi connectivity index (χ2n) is 4.35. The predicted octanol–water partition coefficient (Wildman–Crippen LogP) is 3.87. The SMILES string of the molecule is C=C(C)/C=C\[C@@H](CCC(C)=O)C(C)C.S. The minimum absolute atomic E-state index is 0. The third-order valence-electron chi connectivity index (χ3n) is 2.31. The lowest BCUT2D eigenvalue weighted by atomic mass is 9.90. The van der Waals surface area contributed by atoms with Crippen molar-refractivity contribution in [1.82, 2.24) is 0 Å². The number of carbonyl (C=O) groups is 1. The molecule has 0 radical (unpaired) electrons. The molecule has 88 valence electrons. The summed E-state index contributed by atoms with van der Waals surface area (Å²) >= 11 is 0. The molecule has 0 unspecified atom stereocenters. The molecule has 0 N–H and O–H groups in total. The Morgan fingerprint density at radius 3 is 2.20 bits per heavy atom. The summed E-state index contributed by atoms with van der Waals surface area (Å²) in [4.78, 5) is 10.9. The molecule has 0 bridgehead atoms. The smallest absolute Gasteiger partial charge is 0.129 e. The summed E-state index contributed by atoms with van der Waals surface area (Å²) in [6, 6.07) is 0. The van der Waals surface area contributed by atoms with Crippen LogP contribution in [0.1, 0.15) is 40.5 Å². The maximum atomic E-state index is 10.9. The van der Waals surface area contributed by atoms with Crippen LogP contribution in [0, 0.1) is 11.8 Å². The fourth-order valence-electron chi connectivity index (χ4n) is 1.31. The maximum Gasteiger partial charge on any atom is 0.129 e. The van der Waals surface area contributed by atoms with Crippen molar-refractivity contribution in [2.24, 2.45) is 11.8 Å². The van der Waals surface area contributed by atoms with Crippen LogP contribution >= 0.6 is 13.5 Å². The Morgan fingerprint density at radius 1 is 1.33 bits per heavy atom. The number of hydrogen-bond donors (Lipinski definition) is 0. The highest BCUT2D eigenvalue weighted by atomic mass is 32.1. The zero-order valence-electron chi connectivity index (χ0n) is 10.3. The molecule has 0 amide bonds. The van der Waals surface area contributed by atoms with Gasteiger partial charge >= 0.3 is 0 Å². The van der Waals surface area contributed by atoms with Gasteiger partial charge in [0.1, 0.15) is 5.78 Å². The molecule has 0 aliphatic heterocycles. The van der Waals surface area contributed by atoms with Crippen LogP contribution in [0.3, 0.4) is 0 Å². The standard InChI is InChI=1S/C13H22O.H2S/c1-10(2)6-8-13(11(3)4)9-7-12(5)14;/h6,8,11,13H,1,7,9H2,2-5H3;1H2/b8-6-;/t13-;/m0./s1. The van der Waals surface area contributed by atoms with Crippen molar-refractivity contribution in [1.29, 1.82) is 0 Å². The van der Waals surface area contributed by atoms with Crippen LogP contribution in [0.4, 0.5) is 0 Å². The van der Waals surface area contributed by atoms with E-state index in [2.05, 4.69) is 26.5 Å².